The smallest absolute Gasteiger partial charge is 0.416 e. The Balaban J connectivity index is 1.91. The van der Waals surface area contributed by atoms with Gasteiger partial charge in [0, 0.05) is 11.3 Å². The molecule has 186 valence electrons. The lowest BCUT2D eigenvalue weighted by Crippen LogP contribution is -2.29. The van der Waals surface area contributed by atoms with Crippen molar-refractivity contribution in [2.45, 2.75) is 32.2 Å². The molecule has 4 rings (SSSR count). The zero-order valence-corrected chi connectivity index (χ0v) is 19.2. The van der Waals surface area contributed by atoms with Crippen LogP contribution in [-0.2, 0) is 15.8 Å². The van der Waals surface area contributed by atoms with Crippen molar-refractivity contribution >= 4 is 23.1 Å². The molecular formula is C27H21F4NO4. The minimum absolute atomic E-state index is 0.169. The lowest BCUT2D eigenvalue weighted by Gasteiger charge is -2.26. The van der Waals surface area contributed by atoms with E-state index in [-0.39, 0.29) is 28.5 Å². The maximum absolute atomic E-state index is 13.7. The maximum Gasteiger partial charge on any atom is 0.416 e. The van der Waals surface area contributed by atoms with Gasteiger partial charge in [-0.2, -0.15) is 13.2 Å². The molecule has 1 amide bonds. The summed E-state index contributed by atoms with van der Waals surface area (Å²) in [5.74, 6) is -2.94. The molecule has 1 fully saturated rings. The summed E-state index contributed by atoms with van der Waals surface area (Å²) >= 11 is 0. The molecule has 1 aliphatic rings. The van der Waals surface area contributed by atoms with Gasteiger partial charge in [0.1, 0.15) is 17.3 Å². The Morgan fingerprint density at radius 3 is 2.28 bits per heavy atom. The van der Waals surface area contributed by atoms with Gasteiger partial charge in [-0.25, -0.2) is 4.39 Å². The molecule has 1 unspecified atom stereocenters. The highest BCUT2D eigenvalue weighted by Gasteiger charge is 2.47. The summed E-state index contributed by atoms with van der Waals surface area (Å²) in [4.78, 5) is 27.2. The number of hydrogen-bond donors (Lipinski definition) is 1. The number of ketones is 1. The molecule has 1 atom stereocenters. The number of alkyl halides is 3. The monoisotopic (exact) mass is 499 g/mol. The number of rotatable bonds is 5. The molecule has 1 N–H and O–H groups in total. The summed E-state index contributed by atoms with van der Waals surface area (Å²) in [7, 11) is 0. The van der Waals surface area contributed by atoms with Crippen LogP contribution in [0.2, 0.25) is 0 Å². The van der Waals surface area contributed by atoms with E-state index in [1.54, 1.807) is 12.1 Å². The van der Waals surface area contributed by atoms with Gasteiger partial charge < -0.3 is 9.84 Å². The fourth-order valence-electron chi connectivity index (χ4n) is 4.04. The summed E-state index contributed by atoms with van der Waals surface area (Å²) in [6, 6.07) is 13.7. The van der Waals surface area contributed by atoms with Crippen LogP contribution < -0.4 is 9.64 Å². The Kier molecular flexibility index (Phi) is 6.58. The normalized spacial score (nSPS) is 17.6. The van der Waals surface area contributed by atoms with E-state index in [9.17, 15) is 32.3 Å². The fourth-order valence-corrected chi connectivity index (χ4v) is 4.04. The highest BCUT2D eigenvalue weighted by atomic mass is 19.4. The van der Waals surface area contributed by atoms with Crippen LogP contribution in [0.15, 0.2) is 78.4 Å². The van der Waals surface area contributed by atoms with Crippen LogP contribution in [0, 0.1) is 5.82 Å². The van der Waals surface area contributed by atoms with Crippen LogP contribution >= 0.6 is 0 Å². The number of Topliss-reactive ketones (excluding diaryl/α,β-unsaturated/α-hetero) is 1. The fraction of sp³-hybridized carbons (Fsp3) is 0.185. The van der Waals surface area contributed by atoms with Crippen LogP contribution in [0.1, 0.15) is 36.6 Å². The maximum atomic E-state index is 13.7. The Morgan fingerprint density at radius 1 is 0.972 bits per heavy atom. The second kappa shape index (κ2) is 9.49. The highest BCUT2D eigenvalue weighted by molar-refractivity contribution is 6.51. The molecule has 0 spiro atoms. The standard InChI is InChI=1S/C27H21F4NO4/c1-15(2)36-21-8-3-5-17(13-21)24(33)22-23(16-9-11-19(28)12-10-16)32(26(35)25(22)34)20-7-4-6-18(14-20)27(29,30)31/h3-15,23,33H,1-2H3/b24-22+. The molecule has 0 radical (unpaired) electrons. The van der Waals surface area contributed by atoms with Crippen molar-refractivity contribution in [3.05, 3.63) is 101 Å². The van der Waals surface area contributed by atoms with Crippen LogP contribution in [-0.4, -0.2) is 22.9 Å². The first kappa shape index (κ1) is 25.0. The third-order valence-electron chi connectivity index (χ3n) is 5.56. The number of amides is 1. The number of ether oxygens (including phenoxy) is 1. The zero-order valence-electron chi connectivity index (χ0n) is 19.2. The van der Waals surface area contributed by atoms with E-state index in [2.05, 4.69) is 0 Å². The SMILES string of the molecule is CC(C)Oc1cccc(/C(O)=C2\C(=O)C(=O)N(c3cccc(C(F)(F)F)c3)C2c2ccc(F)cc2)c1. The quantitative estimate of drug-likeness (QED) is 0.195. The van der Waals surface area contributed by atoms with Crippen LogP contribution in [0.3, 0.4) is 0 Å². The van der Waals surface area contributed by atoms with Gasteiger partial charge in [0.05, 0.1) is 23.3 Å². The molecule has 3 aromatic rings. The number of anilines is 1. The predicted octanol–water partition coefficient (Wildman–Crippen LogP) is 6.26. The minimum Gasteiger partial charge on any atom is -0.507 e. The average molecular weight is 499 g/mol. The van der Waals surface area contributed by atoms with E-state index in [4.69, 9.17) is 4.74 Å². The average Bonchev–Trinajstić information content (AvgIpc) is 3.09. The minimum atomic E-state index is -4.69. The van der Waals surface area contributed by atoms with E-state index in [0.29, 0.717) is 5.75 Å². The lowest BCUT2D eigenvalue weighted by atomic mass is 9.95. The first-order valence-corrected chi connectivity index (χ1v) is 11.0. The largest absolute Gasteiger partial charge is 0.507 e. The number of benzene rings is 3. The summed E-state index contributed by atoms with van der Waals surface area (Å²) in [6.07, 6.45) is -4.86. The second-order valence-electron chi connectivity index (χ2n) is 8.46. The van der Waals surface area contributed by atoms with E-state index in [1.807, 2.05) is 13.8 Å². The number of aliphatic hydroxyl groups excluding tert-OH is 1. The van der Waals surface area contributed by atoms with E-state index in [1.165, 1.54) is 30.3 Å². The van der Waals surface area contributed by atoms with Gasteiger partial charge in [0.15, 0.2) is 0 Å². The predicted molar refractivity (Wildman–Crippen MR) is 125 cm³/mol. The van der Waals surface area contributed by atoms with Crippen molar-refractivity contribution in [1.82, 2.24) is 0 Å². The number of hydrogen-bond acceptors (Lipinski definition) is 4. The molecule has 36 heavy (non-hydrogen) atoms. The molecule has 3 aromatic carbocycles. The first-order chi connectivity index (χ1) is 17.0. The van der Waals surface area contributed by atoms with Gasteiger partial charge in [-0.15, -0.1) is 0 Å². The van der Waals surface area contributed by atoms with Crippen LogP contribution in [0.5, 0.6) is 5.75 Å². The number of nitrogens with zero attached hydrogens (tertiary/aromatic N) is 1. The van der Waals surface area contributed by atoms with E-state index < -0.39 is 41.0 Å². The summed E-state index contributed by atoms with van der Waals surface area (Å²) in [5.41, 5.74) is -1.16. The molecule has 0 saturated carbocycles. The number of halogens is 4. The van der Waals surface area contributed by atoms with Gasteiger partial charge in [0.25, 0.3) is 11.7 Å². The number of carbonyl (C=O) groups excluding carboxylic acids is 2. The lowest BCUT2D eigenvalue weighted by molar-refractivity contribution is -0.137. The van der Waals surface area contributed by atoms with Crippen molar-refractivity contribution in [2.24, 2.45) is 0 Å². The molecule has 0 aliphatic carbocycles. The molecule has 0 aromatic heterocycles. The van der Waals surface area contributed by atoms with Crippen molar-refractivity contribution in [1.29, 1.82) is 0 Å². The van der Waals surface area contributed by atoms with Crippen LogP contribution in [0.4, 0.5) is 23.2 Å². The van der Waals surface area contributed by atoms with Crippen LogP contribution in [0.25, 0.3) is 5.76 Å². The molecule has 1 heterocycles. The Morgan fingerprint density at radius 2 is 1.64 bits per heavy atom. The molecule has 5 nitrogen and oxygen atoms in total. The van der Waals surface area contributed by atoms with Gasteiger partial charge in [0.2, 0.25) is 0 Å². The Bertz CT molecular complexity index is 1350. The van der Waals surface area contributed by atoms with Gasteiger partial charge in [-0.3, -0.25) is 14.5 Å². The third-order valence-corrected chi connectivity index (χ3v) is 5.56. The van der Waals surface area contributed by atoms with Gasteiger partial charge in [-0.05, 0) is 61.9 Å². The first-order valence-electron chi connectivity index (χ1n) is 11.0. The second-order valence-corrected chi connectivity index (χ2v) is 8.46. The molecule has 1 saturated heterocycles. The summed E-state index contributed by atoms with van der Waals surface area (Å²) < 4.78 is 59.4. The molecular weight excluding hydrogens is 478 g/mol. The van der Waals surface area contributed by atoms with Gasteiger partial charge >= 0.3 is 6.18 Å². The van der Waals surface area contributed by atoms with Gasteiger partial charge in [-0.1, -0.05) is 30.3 Å². The topological polar surface area (TPSA) is 66.8 Å². The van der Waals surface area contributed by atoms with E-state index >= 15 is 0 Å². The van der Waals surface area contributed by atoms with Crippen molar-refractivity contribution in [3.8, 4) is 5.75 Å². The Labute approximate surface area is 204 Å². The Hall–Kier alpha value is -4.14. The summed E-state index contributed by atoms with van der Waals surface area (Å²) in [5, 5.41) is 11.2. The highest BCUT2D eigenvalue weighted by Crippen LogP contribution is 2.43. The molecule has 1 aliphatic heterocycles. The van der Waals surface area contributed by atoms with E-state index in [0.717, 1.165) is 35.2 Å². The molecule has 9 heteroatoms. The van der Waals surface area contributed by atoms with Crippen molar-refractivity contribution in [3.63, 3.8) is 0 Å². The number of carbonyl (C=O) groups is 2. The molecule has 0 bridgehead atoms. The third kappa shape index (κ3) is 4.82. The van der Waals surface area contributed by atoms with Crippen molar-refractivity contribution < 1.29 is 37.0 Å². The summed E-state index contributed by atoms with van der Waals surface area (Å²) in [6.45, 7) is 3.61. The zero-order chi connectivity index (χ0) is 26.2. The number of aliphatic hydroxyl groups is 1. The van der Waals surface area contributed by atoms with Crippen molar-refractivity contribution in [2.75, 3.05) is 4.90 Å².